The normalized spacial score (nSPS) is 10.7. The Kier molecular flexibility index (Phi) is 6.19. The van der Waals surface area contributed by atoms with Crippen molar-refractivity contribution in [1.29, 1.82) is 0 Å². The molecule has 0 heterocycles. The lowest BCUT2D eigenvalue weighted by Gasteiger charge is -2.22. The summed E-state index contributed by atoms with van der Waals surface area (Å²) in [6, 6.07) is 8.57. The molecule has 2 aromatic rings. The van der Waals surface area contributed by atoms with Crippen molar-refractivity contribution < 1.29 is 14.1 Å². The number of imide groups is 1. The summed E-state index contributed by atoms with van der Waals surface area (Å²) in [5.41, 5.74) is 1.31. The van der Waals surface area contributed by atoms with Crippen LogP contribution >= 0.6 is 27.5 Å². The molecule has 0 saturated carbocycles. The molecule has 1 N–H and O–H groups in total. The second kappa shape index (κ2) is 7.97. The molecule has 0 aromatic heterocycles. The van der Waals surface area contributed by atoms with E-state index < -0.39 is 11.9 Å². The fourth-order valence-corrected chi connectivity index (χ4v) is 3.38. The maximum atomic E-state index is 14.8. The Morgan fingerprint density at radius 3 is 2.40 bits per heavy atom. The molecule has 0 fully saturated rings. The van der Waals surface area contributed by atoms with Crippen LogP contribution in [0.25, 0.3) is 0 Å². The van der Waals surface area contributed by atoms with Crippen molar-refractivity contribution >= 4 is 45.2 Å². The van der Waals surface area contributed by atoms with Gasteiger partial charge in [0.05, 0.1) is 10.7 Å². The number of amides is 3. The number of hydrogen-bond acceptors (Lipinski definition) is 2. The zero-order valence-corrected chi connectivity index (χ0v) is 16.3. The summed E-state index contributed by atoms with van der Waals surface area (Å²) in [7, 11) is 0. The van der Waals surface area contributed by atoms with Crippen LogP contribution in [0.4, 0.5) is 15.0 Å². The van der Waals surface area contributed by atoms with Gasteiger partial charge in [-0.15, -0.1) is 5.12 Å². The number of nitrogens with zero attached hydrogens (tertiary/aromatic N) is 1. The third-order valence-corrected chi connectivity index (χ3v) is 4.89. The van der Waals surface area contributed by atoms with Crippen LogP contribution < -0.4 is 10.4 Å². The molecular weight excluding hydrogens is 411 g/mol. The highest BCUT2D eigenvalue weighted by atomic mass is 79.9. The molecular formula is C18H17BrClFN2O2. The number of halogens is 3. The average Bonchev–Trinajstić information content (AvgIpc) is 2.57. The third-order valence-electron chi connectivity index (χ3n) is 3.63. The highest BCUT2D eigenvalue weighted by Gasteiger charge is 2.27. The molecule has 4 nitrogen and oxygen atoms in total. The molecule has 132 valence electrons. The van der Waals surface area contributed by atoms with Crippen LogP contribution in [-0.2, 0) is 0 Å². The first kappa shape index (κ1) is 19.4. The van der Waals surface area contributed by atoms with E-state index in [0.717, 1.165) is 0 Å². The molecule has 0 aliphatic heterocycles. The molecule has 0 bridgehead atoms. The molecule has 0 unspecified atom stereocenters. The summed E-state index contributed by atoms with van der Waals surface area (Å²) in [5.74, 6) is -0.810. The summed E-state index contributed by atoms with van der Waals surface area (Å²) < 4.78 is 15.4. The van der Waals surface area contributed by atoms with E-state index in [1.165, 1.54) is 12.1 Å². The molecule has 25 heavy (non-hydrogen) atoms. The fourth-order valence-electron chi connectivity index (χ4n) is 2.46. The van der Waals surface area contributed by atoms with E-state index >= 15 is 0 Å². The number of nitrogens with one attached hydrogen (secondary N) is 1. The van der Waals surface area contributed by atoms with Gasteiger partial charge in [0.2, 0.25) is 0 Å². The van der Waals surface area contributed by atoms with Gasteiger partial charge in [-0.25, -0.2) is 4.79 Å². The zero-order chi connectivity index (χ0) is 18.7. The highest BCUT2D eigenvalue weighted by Crippen LogP contribution is 2.41. The van der Waals surface area contributed by atoms with Crippen molar-refractivity contribution in [3.05, 3.63) is 62.6 Å². The maximum absolute atomic E-state index is 14.8. The van der Waals surface area contributed by atoms with Crippen LogP contribution in [0.3, 0.4) is 0 Å². The van der Waals surface area contributed by atoms with Crippen LogP contribution in [0.2, 0.25) is 5.02 Å². The SMILES string of the molecule is Cc1cc(Br)c(Cl)c(C(C)C)c1N(F)C(=O)NC(=O)c1ccccc1. The summed E-state index contributed by atoms with van der Waals surface area (Å²) in [6.07, 6.45) is 0. The Labute approximate surface area is 159 Å². The van der Waals surface area contributed by atoms with Crippen LogP contribution in [-0.4, -0.2) is 11.9 Å². The second-order valence-electron chi connectivity index (χ2n) is 5.81. The molecule has 0 aliphatic rings. The van der Waals surface area contributed by atoms with Crippen molar-refractivity contribution in [2.75, 3.05) is 5.12 Å². The first-order valence-electron chi connectivity index (χ1n) is 7.58. The zero-order valence-electron chi connectivity index (χ0n) is 13.9. The quantitative estimate of drug-likeness (QED) is 0.632. The Morgan fingerprint density at radius 1 is 1.24 bits per heavy atom. The van der Waals surface area contributed by atoms with Gasteiger partial charge < -0.3 is 0 Å². The van der Waals surface area contributed by atoms with E-state index in [-0.39, 0.29) is 22.3 Å². The minimum Gasteiger partial charge on any atom is -0.271 e. The fraction of sp³-hybridized carbons (Fsp3) is 0.222. The smallest absolute Gasteiger partial charge is 0.271 e. The van der Waals surface area contributed by atoms with Gasteiger partial charge in [0.15, 0.2) is 0 Å². The van der Waals surface area contributed by atoms with Gasteiger partial charge in [0, 0.05) is 15.6 Å². The predicted molar refractivity (Wildman–Crippen MR) is 101 cm³/mol. The number of carbonyl (C=O) groups excluding carboxylic acids is 2. The van der Waals surface area contributed by atoms with E-state index in [0.29, 0.717) is 20.6 Å². The number of benzene rings is 2. The number of urea groups is 1. The number of aryl methyl sites for hydroxylation is 1. The number of anilines is 1. The highest BCUT2D eigenvalue weighted by molar-refractivity contribution is 9.10. The molecule has 0 aliphatic carbocycles. The molecule has 2 rings (SSSR count). The number of rotatable bonds is 3. The molecule has 7 heteroatoms. The largest absolute Gasteiger partial charge is 0.357 e. The molecule has 3 amide bonds. The van der Waals surface area contributed by atoms with E-state index in [2.05, 4.69) is 15.9 Å². The molecule has 0 atom stereocenters. The van der Waals surface area contributed by atoms with E-state index in [4.69, 9.17) is 11.6 Å². The van der Waals surface area contributed by atoms with Crippen molar-refractivity contribution in [3.8, 4) is 0 Å². The van der Waals surface area contributed by atoms with Crippen LogP contribution in [0.1, 0.15) is 41.3 Å². The number of hydrogen-bond donors (Lipinski definition) is 1. The summed E-state index contributed by atoms with van der Waals surface area (Å²) >= 11 is 9.61. The Bertz CT molecular complexity index is 812. The molecule has 0 spiro atoms. The van der Waals surface area contributed by atoms with Gasteiger partial charge in [0.25, 0.3) is 5.91 Å². The van der Waals surface area contributed by atoms with Gasteiger partial charge in [-0.3, -0.25) is 10.1 Å². The minimum atomic E-state index is -1.17. The van der Waals surface area contributed by atoms with Crippen molar-refractivity contribution in [2.45, 2.75) is 26.7 Å². The Hall–Kier alpha value is -1.92. The van der Waals surface area contributed by atoms with Gasteiger partial charge in [0.1, 0.15) is 0 Å². The summed E-state index contributed by atoms with van der Waals surface area (Å²) in [6.45, 7) is 5.36. The Morgan fingerprint density at radius 2 is 1.84 bits per heavy atom. The average molecular weight is 428 g/mol. The van der Waals surface area contributed by atoms with E-state index in [1.54, 1.807) is 31.2 Å². The first-order valence-corrected chi connectivity index (χ1v) is 8.75. The number of carbonyl (C=O) groups is 2. The van der Waals surface area contributed by atoms with Gasteiger partial charge in [-0.2, -0.15) is 0 Å². The molecule has 2 aromatic carbocycles. The summed E-state index contributed by atoms with van der Waals surface area (Å²) in [5, 5.41) is 2.31. The molecule has 0 saturated heterocycles. The van der Waals surface area contributed by atoms with Crippen LogP contribution in [0.5, 0.6) is 0 Å². The second-order valence-corrected chi connectivity index (χ2v) is 7.04. The molecule has 0 radical (unpaired) electrons. The Balaban J connectivity index is 2.34. The van der Waals surface area contributed by atoms with Gasteiger partial charge in [-0.05, 0) is 52.5 Å². The van der Waals surface area contributed by atoms with E-state index in [1.807, 2.05) is 19.2 Å². The lowest BCUT2D eigenvalue weighted by Crippen LogP contribution is -2.39. The maximum Gasteiger partial charge on any atom is 0.357 e. The van der Waals surface area contributed by atoms with Crippen molar-refractivity contribution in [2.24, 2.45) is 0 Å². The lowest BCUT2D eigenvalue weighted by atomic mass is 9.98. The minimum absolute atomic E-state index is 0.0431. The predicted octanol–water partition coefficient (Wildman–Crippen LogP) is 5.78. The monoisotopic (exact) mass is 426 g/mol. The van der Waals surface area contributed by atoms with Gasteiger partial charge >= 0.3 is 6.03 Å². The standard InChI is InChI=1S/C18H17BrClFN2O2/c1-10(2)14-15(20)13(19)9-11(3)16(14)23(21)18(25)22-17(24)12-7-5-4-6-8-12/h4-10H,1-3H3,(H,22,24,25). The lowest BCUT2D eigenvalue weighted by molar-refractivity contribution is 0.0962. The van der Waals surface area contributed by atoms with Gasteiger partial charge in [-0.1, -0.05) is 48.1 Å². The third kappa shape index (κ3) is 4.19. The van der Waals surface area contributed by atoms with Crippen molar-refractivity contribution in [1.82, 2.24) is 5.32 Å². The van der Waals surface area contributed by atoms with Crippen LogP contribution in [0.15, 0.2) is 40.9 Å². The summed E-state index contributed by atoms with van der Waals surface area (Å²) in [4.78, 5) is 24.3. The van der Waals surface area contributed by atoms with E-state index in [9.17, 15) is 14.1 Å². The van der Waals surface area contributed by atoms with Crippen molar-refractivity contribution in [3.63, 3.8) is 0 Å². The first-order chi connectivity index (χ1) is 11.7. The topological polar surface area (TPSA) is 49.4 Å². The van der Waals surface area contributed by atoms with Crippen LogP contribution in [0, 0.1) is 6.92 Å².